The summed E-state index contributed by atoms with van der Waals surface area (Å²) in [7, 11) is 0. The summed E-state index contributed by atoms with van der Waals surface area (Å²) >= 11 is 0. The zero-order valence-electron chi connectivity index (χ0n) is 16.8. The molecule has 0 saturated heterocycles. The van der Waals surface area contributed by atoms with Crippen LogP contribution in [-0.2, 0) is 19.3 Å². The molecule has 140 valence electrons. The van der Waals surface area contributed by atoms with Gasteiger partial charge in [-0.15, -0.1) is 0 Å². The van der Waals surface area contributed by atoms with E-state index < -0.39 is 0 Å². The van der Waals surface area contributed by atoms with E-state index in [9.17, 15) is 0 Å². The highest BCUT2D eigenvalue weighted by Crippen LogP contribution is 2.12. The molecule has 1 aromatic heterocycles. The highest BCUT2D eigenvalue weighted by molar-refractivity contribution is 5.99. The molecule has 1 heterocycles. The molecule has 4 nitrogen and oxygen atoms in total. The van der Waals surface area contributed by atoms with Crippen molar-refractivity contribution in [3.05, 3.63) is 52.8 Å². The Hall–Kier alpha value is -2.23. The molecule has 0 saturated carbocycles. The first-order chi connectivity index (χ1) is 12.5. The van der Waals surface area contributed by atoms with Gasteiger partial charge in [-0.1, -0.05) is 58.4 Å². The number of unbranched alkanes of at least 4 members (excludes halogenated alkanes) is 1. The zero-order valence-corrected chi connectivity index (χ0v) is 16.8. The summed E-state index contributed by atoms with van der Waals surface area (Å²) in [6, 6.07) is 10.7. The SMILES string of the molecule is CCCCc1cc(CC)nc(NN=C(C)c2ccc(CC(C)C)cc2)n1. The van der Waals surface area contributed by atoms with Crippen LogP contribution in [0.15, 0.2) is 35.4 Å². The first kappa shape index (κ1) is 20.1. The van der Waals surface area contributed by atoms with Gasteiger partial charge in [-0.2, -0.15) is 5.10 Å². The van der Waals surface area contributed by atoms with Gasteiger partial charge in [-0.05, 0) is 55.7 Å². The average molecular weight is 353 g/mol. The lowest BCUT2D eigenvalue weighted by molar-refractivity contribution is 0.647. The van der Waals surface area contributed by atoms with E-state index in [1.54, 1.807) is 0 Å². The van der Waals surface area contributed by atoms with Crippen molar-refractivity contribution in [3.8, 4) is 0 Å². The first-order valence-corrected chi connectivity index (χ1v) is 9.78. The van der Waals surface area contributed by atoms with Gasteiger partial charge in [0, 0.05) is 11.4 Å². The molecule has 26 heavy (non-hydrogen) atoms. The zero-order chi connectivity index (χ0) is 18.9. The summed E-state index contributed by atoms with van der Waals surface area (Å²) in [6.07, 6.45) is 5.30. The third-order valence-electron chi connectivity index (χ3n) is 4.32. The Kier molecular flexibility index (Phi) is 7.76. The van der Waals surface area contributed by atoms with Gasteiger partial charge in [0.2, 0.25) is 5.95 Å². The number of aromatic nitrogens is 2. The number of nitrogens with one attached hydrogen (secondary N) is 1. The molecule has 2 aromatic rings. The summed E-state index contributed by atoms with van der Waals surface area (Å²) in [5.74, 6) is 1.26. The van der Waals surface area contributed by atoms with Gasteiger partial charge < -0.3 is 0 Å². The Morgan fingerprint density at radius 2 is 1.77 bits per heavy atom. The lowest BCUT2D eigenvalue weighted by Gasteiger charge is -2.08. The highest BCUT2D eigenvalue weighted by atomic mass is 15.4. The summed E-state index contributed by atoms with van der Waals surface area (Å²) in [4.78, 5) is 9.15. The molecule has 0 bridgehead atoms. The number of aryl methyl sites for hydroxylation is 2. The summed E-state index contributed by atoms with van der Waals surface area (Å²) < 4.78 is 0. The monoisotopic (exact) mass is 352 g/mol. The Balaban J connectivity index is 2.09. The molecule has 2 rings (SSSR count). The second-order valence-corrected chi connectivity index (χ2v) is 7.24. The lowest BCUT2D eigenvalue weighted by atomic mass is 10.0. The van der Waals surface area contributed by atoms with Gasteiger partial charge in [-0.25, -0.2) is 15.4 Å². The minimum Gasteiger partial charge on any atom is -0.245 e. The van der Waals surface area contributed by atoms with Crippen LogP contribution in [0.5, 0.6) is 0 Å². The molecular formula is C22H32N4. The highest BCUT2D eigenvalue weighted by Gasteiger charge is 2.05. The van der Waals surface area contributed by atoms with Crippen molar-refractivity contribution in [2.75, 3.05) is 5.43 Å². The standard InChI is InChI=1S/C22H32N4/c1-6-8-9-21-15-20(7-2)23-22(24-21)26-25-17(5)19-12-10-18(11-13-19)14-16(3)4/h10-13,15-16H,6-9,14H2,1-5H3,(H,23,24,26). The third-order valence-corrected chi connectivity index (χ3v) is 4.32. The predicted molar refractivity (Wildman–Crippen MR) is 111 cm³/mol. The lowest BCUT2D eigenvalue weighted by Crippen LogP contribution is -2.06. The largest absolute Gasteiger partial charge is 0.245 e. The van der Waals surface area contributed by atoms with Gasteiger partial charge in [0.15, 0.2) is 0 Å². The molecular weight excluding hydrogens is 320 g/mol. The average Bonchev–Trinajstić information content (AvgIpc) is 2.64. The van der Waals surface area contributed by atoms with E-state index in [0.29, 0.717) is 11.9 Å². The topological polar surface area (TPSA) is 50.2 Å². The van der Waals surface area contributed by atoms with Crippen LogP contribution in [0, 0.1) is 5.92 Å². The minimum absolute atomic E-state index is 0.589. The number of hydrazone groups is 1. The van der Waals surface area contributed by atoms with Crippen LogP contribution >= 0.6 is 0 Å². The molecule has 0 atom stereocenters. The Bertz CT molecular complexity index is 717. The van der Waals surface area contributed by atoms with E-state index in [1.807, 2.05) is 6.92 Å². The van der Waals surface area contributed by atoms with Gasteiger partial charge in [0.05, 0.1) is 5.71 Å². The number of nitrogens with zero attached hydrogens (tertiary/aromatic N) is 3. The smallest absolute Gasteiger partial charge is 0.243 e. The van der Waals surface area contributed by atoms with Crippen molar-refractivity contribution in [2.24, 2.45) is 11.0 Å². The van der Waals surface area contributed by atoms with Crippen LogP contribution in [0.2, 0.25) is 0 Å². The van der Waals surface area contributed by atoms with Gasteiger partial charge in [-0.3, -0.25) is 0 Å². The van der Waals surface area contributed by atoms with Crippen molar-refractivity contribution < 1.29 is 0 Å². The van der Waals surface area contributed by atoms with E-state index in [2.05, 4.69) is 78.5 Å². The molecule has 0 aliphatic heterocycles. The number of rotatable bonds is 9. The third kappa shape index (κ3) is 6.25. The van der Waals surface area contributed by atoms with Crippen LogP contribution in [0.4, 0.5) is 5.95 Å². The normalized spacial score (nSPS) is 11.8. The van der Waals surface area contributed by atoms with Crippen LogP contribution in [-0.4, -0.2) is 15.7 Å². The molecule has 4 heteroatoms. The predicted octanol–water partition coefficient (Wildman–Crippen LogP) is 5.42. The quantitative estimate of drug-likeness (QED) is 0.484. The fourth-order valence-electron chi connectivity index (χ4n) is 2.82. The second-order valence-electron chi connectivity index (χ2n) is 7.24. The Morgan fingerprint density at radius 3 is 2.38 bits per heavy atom. The van der Waals surface area contributed by atoms with Crippen molar-refractivity contribution in [1.29, 1.82) is 0 Å². The van der Waals surface area contributed by atoms with E-state index in [0.717, 1.165) is 54.8 Å². The maximum absolute atomic E-state index is 4.60. The maximum atomic E-state index is 4.60. The van der Waals surface area contributed by atoms with Crippen LogP contribution < -0.4 is 5.43 Å². The Labute approximate surface area is 158 Å². The molecule has 0 amide bonds. The first-order valence-electron chi connectivity index (χ1n) is 9.78. The van der Waals surface area contributed by atoms with Gasteiger partial charge in [0.1, 0.15) is 0 Å². The second kappa shape index (κ2) is 10.0. The fourth-order valence-corrected chi connectivity index (χ4v) is 2.82. The molecule has 0 aliphatic carbocycles. The molecule has 0 radical (unpaired) electrons. The van der Waals surface area contributed by atoms with Crippen molar-refractivity contribution >= 4 is 11.7 Å². The maximum Gasteiger partial charge on any atom is 0.243 e. The molecule has 0 spiro atoms. The number of benzene rings is 1. The molecule has 0 fully saturated rings. The Morgan fingerprint density at radius 1 is 1.08 bits per heavy atom. The van der Waals surface area contributed by atoms with Crippen LogP contribution in [0.1, 0.15) is 70.0 Å². The van der Waals surface area contributed by atoms with E-state index >= 15 is 0 Å². The van der Waals surface area contributed by atoms with Crippen LogP contribution in [0.3, 0.4) is 0 Å². The van der Waals surface area contributed by atoms with E-state index in [4.69, 9.17) is 0 Å². The van der Waals surface area contributed by atoms with E-state index in [1.165, 1.54) is 5.56 Å². The number of anilines is 1. The van der Waals surface area contributed by atoms with Gasteiger partial charge >= 0.3 is 0 Å². The molecule has 1 aromatic carbocycles. The molecule has 0 unspecified atom stereocenters. The molecule has 1 N–H and O–H groups in total. The van der Waals surface area contributed by atoms with E-state index in [-0.39, 0.29) is 0 Å². The summed E-state index contributed by atoms with van der Waals surface area (Å²) in [5.41, 5.74) is 8.60. The minimum atomic E-state index is 0.589. The number of hydrogen-bond donors (Lipinski definition) is 1. The van der Waals surface area contributed by atoms with Crippen molar-refractivity contribution in [2.45, 2.75) is 66.7 Å². The summed E-state index contributed by atoms with van der Waals surface area (Å²) in [6.45, 7) is 10.8. The van der Waals surface area contributed by atoms with Crippen molar-refractivity contribution in [1.82, 2.24) is 9.97 Å². The number of hydrogen-bond acceptors (Lipinski definition) is 4. The van der Waals surface area contributed by atoms with Gasteiger partial charge in [0.25, 0.3) is 0 Å². The van der Waals surface area contributed by atoms with Crippen molar-refractivity contribution in [3.63, 3.8) is 0 Å². The molecule has 0 aliphatic rings. The van der Waals surface area contributed by atoms with Crippen LogP contribution in [0.25, 0.3) is 0 Å². The fraction of sp³-hybridized carbons (Fsp3) is 0.500. The summed E-state index contributed by atoms with van der Waals surface area (Å²) in [5, 5.41) is 4.49.